The van der Waals surface area contributed by atoms with E-state index in [0.717, 1.165) is 44.7 Å². The molecule has 1 aromatic heterocycles. The molecular weight excluding hydrogens is 445 g/mol. The van der Waals surface area contributed by atoms with Gasteiger partial charge in [-0.05, 0) is 19.3 Å². The Kier molecular flexibility index (Phi) is 12.2. The number of nitrogens with one attached hydrogen (secondary N) is 1. The van der Waals surface area contributed by atoms with Crippen LogP contribution in [0.3, 0.4) is 0 Å². The van der Waals surface area contributed by atoms with Gasteiger partial charge in [-0.2, -0.15) is 0 Å². The van der Waals surface area contributed by atoms with Crippen molar-refractivity contribution in [2.45, 2.75) is 64.7 Å². The monoisotopic (exact) mass is 479 g/mol. The summed E-state index contributed by atoms with van der Waals surface area (Å²) < 4.78 is 0. The third-order valence-corrected chi connectivity index (χ3v) is 5.35. The second kappa shape index (κ2) is 13.6. The highest BCUT2D eigenvalue weighted by Crippen LogP contribution is 2.24. The van der Waals surface area contributed by atoms with Crippen LogP contribution in [0.4, 0.5) is 5.13 Å². The van der Waals surface area contributed by atoms with E-state index in [4.69, 9.17) is 10.7 Å². The van der Waals surface area contributed by atoms with Crippen LogP contribution in [-0.4, -0.2) is 37.1 Å². The normalized spacial score (nSPS) is 14.6. The van der Waals surface area contributed by atoms with E-state index in [0.29, 0.717) is 5.96 Å². The summed E-state index contributed by atoms with van der Waals surface area (Å²) in [4.78, 5) is 11.5. The fourth-order valence-corrected chi connectivity index (χ4v) is 3.84. The van der Waals surface area contributed by atoms with Gasteiger partial charge in [-0.15, -0.1) is 35.3 Å². The van der Waals surface area contributed by atoms with Crippen LogP contribution >= 0.6 is 35.3 Å². The predicted octanol–water partition coefficient (Wildman–Crippen LogP) is 4.17. The summed E-state index contributed by atoms with van der Waals surface area (Å²) >= 11 is 1.76. The molecule has 0 aliphatic carbocycles. The Morgan fingerprint density at radius 1 is 1.24 bits per heavy atom. The number of hydrogen-bond acceptors (Lipinski definition) is 4. The summed E-state index contributed by atoms with van der Waals surface area (Å²) in [5, 5.41) is 6.54. The van der Waals surface area contributed by atoms with Crippen molar-refractivity contribution >= 4 is 46.4 Å². The molecule has 1 aliphatic heterocycles. The number of nitrogens with zero attached hydrogens (tertiary/aromatic N) is 3. The zero-order chi connectivity index (χ0) is 17.0. The van der Waals surface area contributed by atoms with E-state index >= 15 is 0 Å². The van der Waals surface area contributed by atoms with E-state index in [1.807, 2.05) is 0 Å². The van der Waals surface area contributed by atoms with E-state index in [1.165, 1.54) is 50.1 Å². The summed E-state index contributed by atoms with van der Waals surface area (Å²) in [5.41, 5.74) is 7.07. The zero-order valence-corrected chi connectivity index (χ0v) is 18.7. The first kappa shape index (κ1) is 22.5. The van der Waals surface area contributed by atoms with Gasteiger partial charge < -0.3 is 16.0 Å². The van der Waals surface area contributed by atoms with Crippen molar-refractivity contribution < 1.29 is 0 Å². The first-order chi connectivity index (χ1) is 11.8. The van der Waals surface area contributed by atoms with Crippen molar-refractivity contribution in [3.63, 3.8) is 0 Å². The van der Waals surface area contributed by atoms with E-state index in [2.05, 4.69) is 27.5 Å². The van der Waals surface area contributed by atoms with E-state index in [9.17, 15) is 0 Å². The lowest BCUT2D eigenvalue weighted by Gasteiger charge is -2.12. The Bertz CT molecular complexity index is 486. The average molecular weight is 479 g/mol. The van der Waals surface area contributed by atoms with Crippen LogP contribution in [-0.2, 0) is 6.42 Å². The van der Waals surface area contributed by atoms with Crippen molar-refractivity contribution in [2.75, 3.05) is 31.1 Å². The lowest BCUT2D eigenvalue weighted by atomic mass is 10.1. The molecule has 144 valence electrons. The van der Waals surface area contributed by atoms with Crippen molar-refractivity contribution in [3.8, 4) is 0 Å². The maximum atomic E-state index is 5.92. The molecule has 1 fully saturated rings. The number of halogens is 1. The van der Waals surface area contributed by atoms with Gasteiger partial charge in [0.15, 0.2) is 11.1 Å². The Morgan fingerprint density at radius 3 is 2.72 bits per heavy atom. The Balaban J connectivity index is 0.00000312. The second-order valence-corrected chi connectivity index (χ2v) is 7.36. The largest absolute Gasteiger partial charge is 0.370 e. The van der Waals surface area contributed by atoms with Crippen LogP contribution in [0.15, 0.2) is 10.4 Å². The van der Waals surface area contributed by atoms with E-state index < -0.39 is 0 Å². The van der Waals surface area contributed by atoms with Crippen LogP contribution < -0.4 is 16.0 Å². The predicted molar refractivity (Wildman–Crippen MR) is 121 cm³/mol. The highest BCUT2D eigenvalue weighted by Gasteiger charge is 2.15. The van der Waals surface area contributed by atoms with Crippen LogP contribution in [0.1, 0.15) is 64.0 Å². The van der Waals surface area contributed by atoms with Gasteiger partial charge in [-0.3, -0.25) is 4.99 Å². The molecule has 25 heavy (non-hydrogen) atoms. The summed E-state index contributed by atoms with van der Waals surface area (Å²) in [5.74, 6) is 0.568. The number of rotatable bonds is 11. The maximum Gasteiger partial charge on any atom is 0.188 e. The number of aliphatic imine (C=N–C) groups is 1. The number of unbranched alkanes of at least 4 members (excludes halogenated alkanes) is 5. The van der Waals surface area contributed by atoms with Crippen molar-refractivity contribution in [2.24, 2.45) is 10.7 Å². The minimum atomic E-state index is 0. The third kappa shape index (κ3) is 9.08. The molecule has 3 N–H and O–H groups in total. The number of thiazole rings is 1. The highest BCUT2D eigenvalue weighted by atomic mass is 127. The van der Waals surface area contributed by atoms with Gasteiger partial charge in [0.2, 0.25) is 0 Å². The molecule has 0 saturated carbocycles. The quantitative estimate of drug-likeness (QED) is 0.216. The van der Waals surface area contributed by atoms with Gasteiger partial charge in [0.05, 0.1) is 5.69 Å². The number of nitrogens with two attached hydrogens (primary N) is 1. The van der Waals surface area contributed by atoms with Crippen LogP contribution in [0.25, 0.3) is 0 Å². The molecule has 0 bridgehead atoms. The van der Waals surface area contributed by atoms with Crippen molar-refractivity contribution in [1.29, 1.82) is 0 Å². The maximum absolute atomic E-state index is 5.92. The Labute approximate surface area is 173 Å². The summed E-state index contributed by atoms with van der Waals surface area (Å²) in [6, 6.07) is 0. The fraction of sp³-hybridized carbons (Fsp3) is 0.778. The molecular formula is C18H34IN5S. The highest BCUT2D eigenvalue weighted by molar-refractivity contribution is 14.0. The smallest absolute Gasteiger partial charge is 0.188 e. The molecule has 2 rings (SSSR count). The molecule has 7 heteroatoms. The van der Waals surface area contributed by atoms with Crippen molar-refractivity contribution in [1.82, 2.24) is 10.3 Å². The Hall–Kier alpha value is -0.570. The topological polar surface area (TPSA) is 66.5 Å². The van der Waals surface area contributed by atoms with Gasteiger partial charge in [-0.1, -0.05) is 39.0 Å². The van der Waals surface area contributed by atoms with Gasteiger partial charge >= 0.3 is 0 Å². The van der Waals surface area contributed by atoms with Crippen molar-refractivity contribution in [3.05, 3.63) is 11.1 Å². The molecule has 1 aromatic rings. The van der Waals surface area contributed by atoms with Gasteiger partial charge in [0.25, 0.3) is 0 Å². The molecule has 0 atom stereocenters. The molecule has 1 saturated heterocycles. The minimum Gasteiger partial charge on any atom is -0.370 e. The third-order valence-electron chi connectivity index (χ3n) is 4.40. The molecule has 5 nitrogen and oxygen atoms in total. The SMILES string of the molecule is CCCCCCCCN=C(N)NCCc1csc(N2CCCC2)n1.I. The minimum absolute atomic E-state index is 0. The Morgan fingerprint density at radius 2 is 1.96 bits per heavy atom. The molecule has 2 heterocycles. The fourth-order valence-electron chi connectivity index (χ4n) is 2.93. The number of anilines is 1. The average Bonchev–Trinajstić information content (AvgIpc) is 3.25. The summed E-state index contributed by atoms with van der Waals surface area (Å²) in [6.45, 7) is 6.19. The number of guanidine groups is 1. The second-order valence-electron chi connectivity index (χ2n) is 6.53. The molecule has 1 aliphatic rings. The van der Waals surface area contributed by atoms with E-state index in [-0.39, 0.29) is 24.0 Å². The lowest BCUT2D eigenvalue weighted by molar-refractivity contribution is 0.611. The van der Waals surface area contributed by atoms with Crippen LogP contribution in [0.2, 0.25) is 0 Å². The lowest BCUT2D eigenvalue weighted by Crippen LogP contribution is -2.33. The summed E-state index contributed by atoms with van der Waals surface area (Å²) in [7, 11) is 0. The number of aromatic nitrogens is 1. The van der Waals surface area contributed by atoms with Crippen LogP contribution in [0.5, 0.6) is 0 Å². The summed E-state index contributed by atoms with van der Waals surface area (Å²) in [6.07, 6.45) is 11.2. The first-order valence-electron chi connectivity index (χ1n) is 9.52. The van der Waals surface area contributed by atoms with Crippen LogP contribution in [0, 0.1) is 0 Å². The molecule has 0 spiro atoms. The van der Waals surface area contributed by atoms with Gasteiger partial charge in [0.1, 0.15) is 0 Å². The molecule has 0 unspecified atom stereocenters. The first-order valence-corrected chi connectivity index (χ1v) is 10.4. The molecule has 0 radical (unpaired) electrons. The molecule has 0 amide bonds. The zero-order valence-electron chi connectivity index (χ0n) is 15.5. The van der Waals surface area contributed by atoms with Gasteiger partial charge in [-0.25, -0.2) is 4.98 Å². The van der Waals surface area contributed by atoms with E-state index in [1.54, 1.807) is 11.3 Å². The molecule has 0 aromatic carbocycles. The number of hydrogen-bond donors (Lipinski definition) is 2. The standard InChI is InChI=1S/C18H33N5S.HI/c1-2-3-4-5-6-7-11-20-17(19)21-12-10-16-15-24-18(22-16)23-13-8-9-14-23;/h15H,2-14H2,1H3,(H3,19,20,21);1H. The van der Waals surface area contributed by atoms with Gasteiger partial charge in [0, 0.05) is 38.0 Å².